The number of hydrogen-bond acceptors (Lipinski definition) is 5. The lowest BCUT2D eigenvalue weighted by Crippen LogP contribution is -2.07. The van der Waals surface area contributed by atoms with Crippen molar-refractivity contribution in [2.75, 3.05) is 5.32 Å². The minimum Gasteiger partial charge on any atom is -0.366 e. The molecule has 0 aliphatic carbocycles. The average Bonchev–Trinajstić information content (AvgIpc) is 3.45. The summed E-state index contributed by atoms with van der Waals surface area (Å²) in [6.07, 6.45) is 7.13. The van der Waals surface area contributed by atoms with E-state index < -0.39 is 0 Å². The zero-order chi connectivity index (χ0) is 20.3. The molecule has 0 saturated carbocycles. The predicted molar refractivity (Wildman–Crippen MR) is 116 cm³/mol. The van der Waals surface area contributed by atoms with Crippen LogP contribution in [0, 0.1) is 6.92 Å². The van der Waals surface area contributed by atoms with Gasteiger partial charge in [0.1, 0.15) is 12.1 Å². The second-order valence-corrected chi connectivity index (χ2v) is 7.20. The molecule has 0 bridgehead atoms. The van der Waals surface area contributed by atoms with Crippen molar-refractivity contribution in [3.8, 4) is 11.1 Å². The number of benzene rings is 2. The van der Waals surface area contributed by atoms with Crippen molar-refractivity contribution in [2.45, 2.75) is 20.0 Å². The Labute approximate surface area is 174 Å². The first-order valence-corrected chi connectivity index (χ1v) is 9.80. The molecular weight excluding hydrogens is 374 g/mol. The molecule has 148 valence electrons. The number of aromatic nitrogens is 6. The maximum atomic E-state index is 4.39. The van der Waals surface area contributed by atoms with Gasteiger partial charge in [-0.2, -0.15) is 14.6 Å². The number of aryl methyl sites for hydroxylation is 1. The summed E-state index contributed by atoms with van der Waals surface area (Å²) in [5.41, 5.74) is 5.76. The Morgan fingerprint density at radius 1 is 1.03 bits per heavy atom. The molecule has 0 unspecified atom stereocenters. The molecule has 0 aliphatic heterocycles. The maximum Gasteiger partial charge on any atom is 0.254 e. The fourth-order valence-corrected chi connectivity index (χ4v) is 3.58. The Kier molecular flexibility index (Phi) is 4.69. The van der Waals surface area contributed by atoms with Gasteiger partial charge in [-0.25, -0.2) is 9.97 Å². The fraction of sp³-hybridized carbons (Fsp3) is 0.130. The Morgan fingerprint density at radius 2 is 1.90 bits per heavy atom. The SMILES string of the molecule is Cc1cc(NCc2ccccc2-c2ccc(Cn3ccnc3)cc2)n2ncnc2n1. The molecule has 0 spiro atoms. The molecule has 0 aliphatic rings. The van der Waals surface area contributed by atoms with Gasteiger partial charge >= 0.3 is 0 Å². The summed E-state index contributed by atoms with van der Waals surface area (Å²) in [5.74, 6) is 1.47. The van der Waals surface area contributed by atoms with Crippen molar-refractivity contribution in [3.05, 3.63) is 96.5 Å². The number of hydrogen-bond donors (Lipinski definition) is 1. The van der Waals surface area contributed by atoms with Gasteiger partial charge in [0.25, 0.3) is 5.78 Å². The van der Waals surface area contributed by atoms with E-state index >= 15 is 0 Å². The highest BCUT2D eigenvalue weighted by molar-refractivity contribution is 5.68. The van der Waals surface area contributed by atoms with Crippen LogP contribution in [0.3, 0.4) is 0 Å². The molecule has 0 fully saturated rings. The molecule has 5 aromatic rings. The van der Waals surface area contributed by atoms with Crippen LogP contribution < -0.4 is 5.32 Å². The average molecular weight is 395 g/mol. The first-order chi connectivity index (χ1) is 14.8. The van der Waals surface area contributed by atoms with Crippen molar-refractivity contribution in [3.63, 3.8) is 0 Å². The topological polar surface area (TPSA) is 72.9 Å². The van der Waals surface area contributed by atoms with Gasteiger partial charge in [0, 0.05) is 37.2 Å². The summed E-state index contributed by atoms with van der Waals surface area (Å²) in [6, 6.07) is 19.1. The predicted octanol–water partition coefficient (Wildman–Crippen LogP) is 3.96. The molecule has 30 heavy (non-hydrogen) atoms. The first-order valence-electron chi connectivity index (χ1n) is 9.80. The molecule has 1 N–H and O–H groups in total. The number of nitrogens with one attached hydrogen (secondary N) is 1. The zero-order valence-corrected chi connectivity index (χ0v) is 16.6. The van der Waals surface area contributed by atoms with Crippen LogP contribution in [0.1, 0.15) is 16.8 Å². The van der Waals surface area contributed by atoms with Crippen molar-refractivity contribution in [2.24, 2.45) is 0 Å². The van der Waals surface area contributed by atoms with Crippen LogP contribution in [0.25, 0.3) is 16.9 Å². The van der Waals surface area contributed by atoms with Gasteiger partial charge in [-0.3, -0.25) is 0 Å². The number of anilines is 1. The summed E-state index contributed by atoms with van der Waals surface area (Å²) in [7, 11) is 0. The number of fused-ring (bicyclic) bond motifs is 1. The largest absolute Gasteiger partial charge is 0.366 e. The summed E-state index contributed by atoms with van der Waals surface area (Å²) >= 11 is 0. The Balaban J connectivity index is 1.38. The van der Waals surface area contributed by atoms with Gasteiger partial charge in [0.15, 0.2) is 0 Å². The zero-order valence-electron chi connectivity index (χ0n) is 16.6. The van der Waals surface area contributed by atoms with Crippen LogP contribution in [0.4, 0.5) is 5.82 Å². The summed E-state index contributed by atoms with van der Waals surface area (Å²) in [6.45, 7) is 3.45. The molecule has 3 aromatic heterocycles. The highest BCUT2D eigenvalue weighted by Gasteiger charge is 2.08. The van der Waals surface area contributed by atoms with Crippen molar-refractivity contribution >= 4 is 11.6 Å². The maximum absolute atomic E-state index is 4.39. The number of nitrogens with zero attached hydrogens (tertiary/aromatic N) is 6. The first kappa shape index (κ1) is 18.1. The van der Waals surface area contributed by atoms with E-state index in [4.69, 9.17) is 0 Å². The van der Waals surface area contributed by atoms with E-state index in [0.717, 1.165) is 18.1 Å². The van der Waals surface area contributed by atoms with Crippen molar-refractivity contribution in [1.82, 2.24) is 29.1 Å². The lowest BCUT2D eigenvalue weighted by atomic mass is 9.98. The number of imidazole rings is 1. The molecule has 0 amide bonds. The fourth-order valence-electron chi connectivity index (χ4n) is 3.58. The molecule has 0 atom stereocenters. The van der Waals surface area contributed by atoms with Gasteiger partial charge in [0.05, 0.1) is 6.33 Å². The monoisotopic (exact) mass is 395 g/mol. The van der Waals surface area contributed by atoms with E-state index in [-0.39, 0.29) is 0 Å². The summed E-state index contributed by atoms with van der Waals surface area (Å²) < 4.78 is 3.79. The second kappa shape index (κ2) is 7.79. The molecule has 0 saturated heterocycles. The molecule has 0 radical (unpaired) electrons. The van der Waals surface area contributed by atoms with E-state index in [1.54, 1.807) is 10.7 Å². The van der Waals surface area contributed by atoms with E-state index in [2.05, 4.69) is 78.5 Å². The van der Waals surface area contributed by atoms with Crippen LogP contribution in [0.5, 0.6) is 0 Å². The summed E-state index contributed by atoms with van der Waals surface area (Å²) in [4.78, 5) is 12.7. The minimum absolute atomic E-state index is 0.597. The van der Waals surface area contributed by atoms with Crippen molar-refractivity contribution in [1.29, 1.82) is 0 Å². The van der Waals surface area contributed by atoms with Crippen LogP contribution in [-0.2, 0) is 13.1 Å². The van der Waals surface area contributed by atoms with Gasteiger partial charge in [-0.15, -0.1) is 0 Å². The molecule has 7 heteroatoms. The molecule has 3 heterocycles. The van der Waals surface area contributed by atoms with Crippen LogP contribution in [0.15, 0.2) is 79.6 Å². The Morgan fingerprint density at radius 3 is 2.73 bits per heavy atom. The van der Waals surface area contributed by atoms with E-state index in [0.29, 0.717) is 12.3 Å². The Hall–Kier alpha value is -4.00. The third kappa shape index (κ3) is 3.65. The van der Waals surface area contributed by atoms with E-state index in [1.807, 2.05) is 25.5 Å². The number of rotatable bonds is 6. The van der Waals surface area contributed by atoms with Gasteiger partial charge in [0.2, 0.25) is 0 Å². The minimum atomic E-state index is 0.597. The Bertz CT molecular complexity index is 1270. The second-order valence-electron chi connectivity index (χ2n) is 7.20. The highest BCUT2D eigenvalue weighted by Crippen LogP contribution is 2.25. The van der Waals surface area contributed by atoms with Gasteiger partial charge < -0.3 is 9.88 Å². The van der Waals surface area contributed by atoms with Crippen LogP contribution in [-0.4, -0.2) is 29.1 Å². The summed E-state index contributed by atoms with van der Waals surface area (Å²) in [5, 5.41) is 7.76. The molecule has 7 nitrogen and oxygen atoms in total. The third-order valence-corrected chi connectivity index (χ3v) is 5.05. The van der Waals surface area contributed by atoms with E-state index in [9.17, 15) is 0 Å². The molecule has 5 rings (SSSR count). The standard InChI is InChI=1S/C23H21N7/c1-17-12-22(30-23(28-17)26-15-27-30)25-13-20-4-2-3-5-21(20)19-8-6-18(7-9-19)14-29-11-10-24-16-29/h2-12,15-16,25H,13-14H2,1H3. The lowest BCUT2D eigenvalue weighted by molar-refractivity contribution is 0.797. The molecule has 2 aromatic carbocycles. The van der Waals surface area contributed by atoms with Crippen LogP contribution >= 0.6 is 0 Å². The quantitative estimate of drug-likeness (QED) is 0.471. The van der Waals surface area contributed by atoms with Crippen molar-refractivity contribution < 1.29 is 0 Å². The normalized spacial score (nSPS) is 11.1. The smallest absolute Gasteiger partial charge is 0.254 e. The third-order valence-electron chi connectivity index (χ3n) is 5.05. The highest BCUT2D eigenvalue weighted by atomic mass is 15.3. The van der Waals surface area contributed by atoms with E-state index in [1.165, 1.54) is 28.6 Å². The van der Waals surface area contributed by atoms with Crippen LogP contribution in [0.2, 0.25) is 0 Å². The lowest BCUT2D eigenvalue weighted by Gasteiger charge is -2.13. The van der Waals surface area contributed by atoms with Gasteiger partial charge in [-0.05, 0) is 29.2 Å². The molecular formula is C23H21N7. The van der Waals surface area contributed by atoms with Gasteiger partial charge in [-0.1, -0.05) is 48.5 Å².